The maximum Gasteiger partial charge on any atom is 0.145 e. The van der Waals surface area contributed by atoms with Crippen LogP contribution in [-0.4, -0.2) is 11.7 Å². The molecule has 0 spiro atoms. The molecule has 0 aliphatic carbocycles. The molecule has 0 saturated heterocycles. The van der Waals surface area contributed by atoms with E-state index in [1.807, 2.05) is 31.2 Å². The van der Waals surface area contributed by atoms with Crippen molar-refractivity contribution in [2.24, 2.45) is 0 Å². The van der Waals surface area contributed by atoms with Crippen LogP contribution in [0.1, 0.15) is 29.5 Å². The van der Waals surface area contributed by atoms with Gasteiger partial charge in [0.2, 0.25) is 0 Å². The first-order chi connectivity index (χ1) is 9.19. The fourth-order valence-electron chi connectivity index (χ4n) is 2.37. The van der Waals surface area contributed by atoms with Crippen molar-refractivity contribution in [2.75, 3.05) is 6.61 Å². The summed E-state index contributed by atoms with van der Waals surface area (Å²) in [5.41, 5.74) is 3.53. The van der Waals surface area contributed by atoms with Crippen LogP contribution in [0.3, 0.4) is 0 Å². The van der Waals surface area contributed by atoms with Gasteiger partial charge in [-0.25, -0.2) is 0 Å². The monoisotopic (exact) mass is 318 g/mol. The molecule has 19 heavy (non-hydrogen) atoms. The van der Waals surface area contributed by atoms with Crippen molar-refractivity contribution in [3.05, 3.63) is 57.6 Å². The second kappa shape index (κ2) is 4.99. The van der Waals surface area contributed by atoms with E-state index >= 15 is 0 Å². The van der Waals surface area contributed by atoms with Crippen molar-refractivity contribution < 1.29 is 9.84 Å². The van der Waals surface area contributed by atoms with E-state index in [1.165, 1.54) is 11.1 Å². The lowest BCUT2D eigenvalue weighted by molar-refractivity contribution is 0.273. The fourth-order valence-corrected chi connectivity index (χ4v) is 2.86. The predicted molar refractivity (Wildman–Crippen MR) is 79.0 cm³/mol. The third kappa shape index (κ3) is 2.28. The van der Waals surface area contributed by atoms with E-state index in [4.69, 9.17) is 4.74 Å². The molecule has 0 saturated carbocycles. The highest BCUT2D eigenvalue weighted by molar-refractivity contribution is 9.10. The normalized spacial score (nSPS) is 14.3. The summed E-state index contributed by atoms with van der Waals surface area (Å²) in [6, 6.07) is 12.3. The van der Waals surface area contributed by atoms with Gasteiger partial charge in [0.05, 0.1) is 4.47 Å². The third-order valence-electron chi connectivity index (χ3n) is 3.57. The molecule has 0 bridgehead atoms. The van der Waals surface area contributed by atoms with Crippen molar-refractivity contribution in [1.29, 1.82) is 0 Å². The lowest BCUT2D eigenvalue weighted by atomic mass is 9.94. The number of aliphatic hydroxyl groups is 1. The Balaban J connectivity index is 2.00. The summed E-state index contributed by atoms with van der Waals surface area (Å²) in [4.78, 5) is 0. The van der Waals surface area contributed by atoms with Gasteiger partial charge in [0.15, 0.2) is 0 Å². The zero-order chi connectivity index (χ0) is 13.4. The lowest BCUT2D eigenvalue weighted by Gasteiger charge is -2.22. The number of hydrogen-bond acceptors (Lipinski definition) is 2. The second-order valence-electron chi connectivity index (χ2n) is 4.96. The average molecular weight is 319 g/mol. The average Bonchev–Trinajstić information content (AvgIpc) is 2.44. The largest absolute Gasteiger partial charge is 0.456 e. The number of para-hydroxylation sites is 1. The maximum atomic E-state index is 9.25. The quantitative estimate of drug-likeness (QED) is 0.765. The predicted octanol–water partition coefficient (Wildman–Crippen LogP) is 4.24. The van der Waals surface area contributed by atoms with Crippen LogP contribution in [0.4, 0.5) is 0 Å². The van der Waals surface area contributed by atoms with Crippen LogP contribution < -0.4 is 4.74 Å². The summed E-state index contributed by atoms with van der Waals surface area (Å²) in [7, 11) is 0. The molecule has 3 heteroatoms. The van der Waals surface area contributed by atoms with Gasteiger partial charge in [-0.1, -0.05) is 31.2 Å². The van der Waals surface area contributed by atoms with Crippen LogP contribution in [0, 0.1) is 0 Å². The molecule has 1 aliphatic rings. The van der Waals surface area contributed by atoms with Crippen molar-refractivity contribution in [3.8, 4) is 11.5 Å². The van der Waals surface area contributed by atoms with Crippen LogP contribution in [0.5, 0.6) is 11.5 Å². The Hall–Kier alpha value is -1.32. The molecule has 3 rings (SSSR count). The highest BCUT2D eigenvalue weighted by Crippen LogP contribution is 2.41. The maximum absolute atomic E-state index is 9.25. The number of halogens is 1. The molecule has 1 heterocycles. The Morgan fingerprint density at radius 1 is 1.26 bits per heavy atom. The molecule has 98 valence electrons. The minimum Gasteiger partial charge on any atom is -0.456 e. The van der Waals surface area contributed by atoms with Gasteiger partial charge in [0.1, 0.15) is 11.5 Å². The third-order valence-corrected chi connectivity index (χ3v) is 4.19. The summed E-state index contributed by atoms with van der Waals surface area (Å²) >= 11 is 3.52. The standard InChI is InChI=1S/C16H15BrO2/c1-10(9-18)11-5-6-15-13(7-11)8-12-3-2-4-14(17)16(12)19-15/h2-7,10,18H,8-9H2,1H3. The van der Waals surface area contributed by atoms with Crippen molar-refractivity contribution in [1.82, 2.24) is 0 Å². The van der Waals surface area contributed by atoms with Crippen LogP contribution in [0.2, 0.25) is 0 Å². The highest BCUT2D eigenvalue weighted by Gasteiger charge is 2.19. The van der Waals surface area contributed by atoms with E-state index < -0.39 is 0 Å². The molecular formula is C16H15BrO2. The Labute approximate surface area is 121 Å². The molecule has 0 radical (unpaired) electrons. The SMILES string of the molecule is CC(CO)c1ccc2c(c1)Cc1cccc(Br)c1O2. The number of rotatable bonds is 2. The van der Waals surface area contributed by atoms with Gasteiger partial charge in [-0.15, -0.1) is 0 Å². The smallest absolute Gasteiger partial charge is 0.145 e. The fraction of sp³-hybridized carbons (Fsp3) is 0.250. The summed E-state index contributed by atoms with van der Waals surface area (Å²) < 4.78 is 6.96. The molecule has 0 fully saturated rings. The molecule has 2 aromatic carbocycles. The highest BCUT2D eigenvalue weighted by atomic mass is 79.9. The van der Waals surface area contributed by atoms with Gasteiger partial charge in [-0.3, -0.25) is 0 Å². The first kappa shape index (κ1) is 12.7. The Morgan fingerprint density at radius 2 is 2.11 bits per heavy atom. The number of ether oxygens (including phenoxy) is 1. The molecular weight excluding hydrogens is 304 g/mol. The molecule has 1 atom stereocenters. The van der Waals surface area contributed by atoms with Gasteiger partial charge >= 0.3 is 0 Å². The van der Waals surface area contributed by atoms with Gasteiger partial charge in [0, 0.05) is 24.5 Å². The summed E-state index contributed by atoms with van der Waals surface area (Å²) in [6.07, 6.45) is 0.871. The van der Waals surface area contributed by atoms with E-state index in [9.17, 15) is 5.11 Å². The number of fused-ring (bicyclic) bond motifs is 2. The summed E-state index contributed by atoms with van der Waals surface area (Å²) in [5.74, 6) is 1.99. The van der Waals surface area contributed by atoms with Crippen LogP contribution >= 0.6 is 15.9 Å². The zero-order valence-corrected chi connectivity index (χ0v) is 12.3. The molecule has 0 aromatic heterocycles. The van der Waals surface area contributed by atoms with Crippen LogP contribution in [-0.2, 0) is 6.42 Å². The van der Waals surface area contributed by atoms with Crippen LogP contribution in [0.15, 0.2) is 40.9 Å². The minimum absolute atomic E-state index is 0.161. The molecule has 1 unspecified atom stereocenters. The minimum atomic E-state index is 0.161. The van der Waals surface area contributed by atoms with Gasteiger partial charge in [-0.2, -0.15) is 0 Å². The Morgan fingerprint density at radius 3 is 2.89 bits per heavy atom. The number of hydrogen-bond donors (Lipinski definition) is 1. The number of benzene rings is 2. The molecule has 1 N–H and O–H groups in total. The van der Waals surface area contributed by atoms with E-state index in [-0.39, 0.29) is 12.5 Å². The first-order valence-electron chi connectivity index (χ1n) is 6.38. The van der Waals surface area contributed by atoms with Crippen LogP contribution in [0.25, 0.3) is 0 Å². The zero-order valence-electron chi connectivity index (χ0n) is 10.7. The van der Waals surface area contributed by atoms with Crippen molar-refractivity contribution in [3.63, 3.8) is 0 Å². The lowest BCUT2D eigenvalue weighted by Crippen LogP contribution is -2.06. The Bertz CT molecular complexity index is 622. The van der Waals surface area contributed by atoms with E-state index in [0.29, 0.717) is 0 Å². The van der Waals surface area contributed by atoms with Crippen molar-refractivity contribution in [2.45, 2.75) is 19.3 Å². The van der Waals surface area contributed by atoms with E-state index in [1.54, 1.807) is 0 Å². The molecule has 1 aliphatic heterocycles. The number of aliphatic hydroxyl groups excluding tert-OH is 1. The topological polar surface area (TPSA) is 29.5 Å². The molecule has 2 nitrogen and oxygen atoms in total. The van der Waals surface area contributed by atoms with Crippen molar-refractivity contribution >= 4 is 15.9 Å². The van der Waals surface area contributed by atoms with E-state index in [0.717, 1.165) is 28.0 Å². The Kier molecular flexibility index (Phi) is 3.33. The van der Waals surface area contributed by atoms with E-state index in [2.05, 4.69) is 28.1 Å². The summed E-state index contributed by atoms with van der Waals surface area (Å²) in [5, 5.41) is 9.25. The van der Waals surface area contributed by atoms with Gasteiger partial charge in [0.25, 0.3) is 0 Å². The van der Waals surface area contributed by atoms with Gasteiger partial charge < -0.3 is 9.84 Å². The molecule has 2 aromatic rings. The second-order valence-corrected chi connectivity index (χ2v) is 5.81. The first-order valence-corrected chi connectivity index (χ1v) is 7.17. The van der Waals surface area contributed by atoms with Gasteiger partial charge in [-0.05, 0) is 39.2 Å². The summed E-state index contributed by atoms with van der Waals surface area (Å²) in [6.45, 7) is 2.19. The molecule has 0 amide bonds.